The highest BCUT2D eigenvalue weighted by Crippen LogP contribution is 2.18. The van der Waals surface area contributed by atoms with Crippen molar-refractivity contribution in [3.05, 3.63) is 35.4 Å². The highest BCUT2D eigenvalue weighted by atomic mass is 16.1. The summed E-state index contributed by atoms with van der Waals surface area (Å²) in [6.07, 6.45) is 5.29. The van der Waals surface area contributed by atoms with E-state index in [9.17, 15) is 4.79 Å². The number of hydrogen-bond donors (Lipinski definition) is 1. The second-order valence-electron chi connectivity index (χ2n) is 2.86. The van der Waals surface area contributed by atoms with Gasteiger partial charge < -0.3 is 5.73 Å². The van der Waals surface area contributed by atoms with Gasteiger partial charge in [-0.3, -0.25) is 4.79 Å². The van der Waals surface area contributed by atoms with E-state index in [1.807, 2.05) is 32.0 Å². The number of hydrogen-bond acceptors (Lipinski definition) is 1. The van der Waals surface area contributed by atoms with Crippen LogP contribution in [0.4, 0.5) is 0 Å². The maximum absolute atomic E-state index is 10.9. The second-order valence-corrected chi connectivity index (χ2v) is 2.86. The van der Waals surface area contributed by atoms with E-state index in [0.29, 0.717) is 0 Å². The Balaban J connectivity index is 0.000000921. The average Bonchev–Trinajstić information content (AvgIpc) is 2.30. The molecular weight excluding hydrogens is 186 g/mol. The third-order valence-electron chi connectivity index (χ3n) is 2.01. The van der Waals surface area contributed by atoms with Crippen LogP contribution in [0.1, 0.15) is 37.8 Å². The molecule has 0 radical (unpaired) electrons. The van der Waals surface area contributed by atoms with E-state index < -0.39 is 0 Å². The minimum Gasteiger partial charge on any atom is -0.369 e. The van der Waals surface area contributed by atoms with Crippen molar-refractivity contribution < 1.29 is 4.79 Å². The predicted molar refractivity (Wildman–Crippen MR) is 63.3 cm³/mol. The maximum atomic E-state index is 10.9. The summed E-state index contributed by atoms with van der Waals surface area (Å²) in [7, 11) is 0. The largest absolute Gasteiger partial charge is 0.369 e. The molecule has 0 aliphatic heterocycles. The van der Waals surface area contributed by atoms with Gasteiger partial charge in [-0.05, 0) is 18.6 Å². The second kappa shape index (κ2) is 6.67. The van der Waals surface area contributed by atoms with Gasteiger partial charge >= 0.3 is 0 Å². The zero-order valence-corrected chi connectivity index (χ0v) is 9.45. The van der Waals surface area contributed by atoms with Crippen molar-refractivity contribution in [1.29, 1.82) is 0 Å². The molecule has 1 rings (SSSR count). The molecule has 0 spiro atoms. The van der Waals surface area contributed by atoms with Gasteiger partial charge in [-0.1, -0.05) is 38.0 Å². The van der Waals surface area contributed by atoms with Gasteiger partial charge in [0.05, 0.1) is 5.92 Å². The van der Waals surface area contributed by atoms with Gasteiger partial charge in [0, 0.05) is 5.56 Å². The first-order valence-corrected chi connectivity index (χ1v) is 5.01. The highest BCUT2D eigenvalue weighted by Gasteiger charge is 2.13. The predicted octanol–water partition coefficient (Wildman–Crippen LogP) is 2.28. The molecule has 1 aromatic rings. The molecule has 1 aromatic carbocycles. The van der Waals surface area contributed by atoms with Crippen LogP contribution in [0.2, 0.25) is 0 Å². The summed E-state index contributed by atoms with van der Waals surface area (Å²) in [6, 6.07) is 7.31. The van der Waals surface area contributed by atoms with Crippen LogP contribution in [0.5, 0.6) is 0 Å². The van der Waals surface area contributed by atoms with E-state index in [-0.39, 0.29) is 11.8 Å². The molecule has 0 fully saturated rings. The minimum atomic E-state index is -0.359. The smallest absolute Gasteiger partial charge is 0.224 e. The van der Waals surface area contributed by atoms with E-state index in [0.717, 1.165) is 11.1 Å². The first-order chi connectivity index (χ1) is 7.16. The van der Waals surface area contributed by atoms with E-state index in [2.05, 4.69) is 5.92 Å². The number of terminal acetylenes is 1. The number of benzene rings is 1. The minimum absolute atomic E-state index is 0.327. The van der Waals surface area contributed by atoms with Crippen LogP contribution < -0.4 is 5.73 Å². The van der Waals surface area contributed by atoms with Crippen LogP contribution in [-0.4, -0.2) is 5.91 Å². The zero-order chi connectivity index (χ0) is 11.8. The van der Waals surface area contributed by atoms with Crippen molar-refractivity contribution in [3.8, 4) is 12.3 Å². The Kier molecular flexibility index (Phi) is 5.89. The zero-order valence-electron chi connectivity index (χ0n) is 9.45. The molecule has 2 nitrogen and oxygen atoms in total. The van der Waals surface area contributed by atoms with E-state index >= 15 is 0 Å². The van der Waals surface area contributed by atoms with Crippen molar-refractivity contribution in [1.82, 2.24) is 0 Å². The van der Waals surface area contributed by atoms with Gasteiger partial charge in [0.25, 0.3) is 0 Å². The fourth-order valence-electron chi connectivity index (χ4n) is 1.16. The van der Waals surface area contributed by atoms with Crippen LogP contribution in [0, 0.1) is 12.3 Å². The lowest BCUT2D eigenvalue weighted by Gasteiger charge is -2.09. The third-order valence-corrected chi connectivity index (χ3v) is 2.01. The molecule has 0 aromatic heterocycles. The molecular formula is C13H17NO. The quantitative estimate of drug-likeness (QED) is 0.736. The number of rotatable bonds is 2. The number of nitrogens with two attached hydrogens (primary N) is 1. The van der Waals surface area contributed by atoms with Gasteiger partial charge in [-0.2, -0.15) is 0 Å². The molecule has 2 N–H and O–H groups in total. The van der Waals surface area contributed by atoms with Crippen molar-refractivity contribution in [2.75, 3.05) is 0 Å². The standard InChI is InChI=1S/C11H11NO.C2H6/c1-3-9-6-4-5-7-10(9)8(2)11(12)13;1-2/h1,4-8H,2H3,(H2,12,13);1-2H3. The molecule has 1 amide bonds. The van der Waals surface area contributed by atoms with Crippen LogP contribution in [0.25, 0.3) is 0 Å². The fraction of sp³-hybridized carbons (Fsp3) is 0.308. The molecule has 2 heteroatoms. The lowest BCUT2D eigenvalue weighted by Crippen LogP contribution is -2.19. The van der Waals surface area contributed by atoms with Crippen molar-refractivity contribution in [3.63, 3.8) is 0 Å². The summed E-state index contributed by atoms with van der Waals surface area (Å²) >= 11 is 0. The Hall–Kier alpha value is -1.75. The van der Waals surface area contributed by atoms with Crippen molar-refractivity contribution in [2.45, 2.75) is 26.7 Å². The number of carbonyl (C=O) groups is 1. The summed E-state index contributed by atoms with van der Waals surface area (Å²) in [6.45, 7) is 5.75. The van der Waals surface area contributed by atoms with Gasteiger partial charge in [0.15, 0.2) is 0 Å². The third kappa shape index (κ3) is 3.47. The Bertz CT molecular complexity index is 363. The Morgan fingerprint density at radius 2 is 1.93 bits per heavy atom. The summed E-state index contributed by atoms with van der Waals surface area (Å²) in [5.41, 5.74) is 6.73. The maximum Gasteiger partial charge on any atom is 0.224 e. The van der Waals surface area contributed by atoms with Crippen LogP contribution in [0.15, 0.2) is 24.3 Å². The van der Waals surface area contributed by atoms with Crippen LogP contribution in [-0.2, 0) is 4.79 Å². The summed E-state index contributed by atoms with van der Waals surface area (Å²) in [5.74, 6) is 1.84. The van der Waals surface area contributed by atoms with Gasteiger partial charge in [-0.15, -0.1) is 6.42 Å². The summed E-state index contributed by atoms with van der Waals surface area (Å²) < 4.78 is 0. The lowest BCUT2D eigenvalue weighted by atomic mass is 9.96. The van der Waals surface area contributed by atoms with E-state index in [1.165, 1.54) is 0 Å². The molecule has 1 unspecified atom stereocenters. The first kappa shape index (κ1) is 13.2. The van der Waals surface area contributed by atoms with Gasteiger partial charge in [0.1, 0.15) is 0 Å². The van der Waals surface area contributed by atoms with Gasteiger partial charge in [-0.25, -0.2) is 0 Å². The Morgan fingerprint density at radius 3 is 2.40 bits per heavy atom. The lowest BCUT2D eigenvalue weighted by molar-refractivity contribution is -0.119. The molecule has 0 bridgehead atoms. The monoisotopic (exact) mass is 203 g/mol. The average molecular weight is 203 g/mol. The number of amides is 1. The van der Waals surface area contributed by atoms with Gasteiger partial charge in [0.2, 0.25) is 5.91 Å². The highest BCUT2D eigenvalue weighted by molar-refractivity contribution is 5.82. The molecule has 0 heterocycles. The molecule has 1 atom stereocenters. The van der Waals surface area contributed by atoms with Crippen LogP contribution >= 0.6 is 0 Å². The molecule has 0 aliphatic rings. The molecule has 15 heavy (non-hydrogen) atoms. The topological polar surface area (TPSA) is 43.1 Å². The van der Waals surface area contributed by atoms with E-state index in [1.54, 1.807) is 13.0 Å². The molecule has 0 saturated carbocycles. The normalized spacial score (nSPS) is 10.5. The Labute approximate surface area is 91.5 Å². The SMILES string of the molecule is C#Cc1ccccc1C(C)C(N)=O.CC. The van der Waals surface area contributed by atoms with Crippen LogP contribution in [0.3, 0.4) is 0 Å². The van der Waals surface area contributed by atoms with Crippen molar-refractivity contribution >= 4 is 5.91 Å². The molecule has 80 valence electrons. The number of carbonyl (C=O) groups excluding carboxylic acids is 1. The Morgan fingerprint density at radius 1 is 1.40 bits per heavy atom. The van der Waals surface area contributed by atoms with E-state index in [4.69, 9.17) is 12.2 Å². The summed E-state index contributed by atoms with van der Waals surface area (Å²) in [4.78, 5) is 10.9. The molecule has 0 saturated heterocycles. The van der Waals surface area contributed by atoms with Crippen molar-refractivity contribution in [2.24, 2.45) is 5.73 Å². The summed E-state index contributed by atoms with van der Waals surface area (Å²) in [5, 5.41) is 0. The fourth-order valence-corrected chi connectivity index (χ4v) is 1.16. The number of primary amides is 1. The molecule has 0 aliphatic carbocycles. The first-order valence-electron chi connectivity index (χ1n) is 5.01.